The molecule has 2 rings (SSSR count). The van der Waals surface area contributed by atoms with Gasteiger partial charge in [-0.2, -0.15) is 5.26 Å². The van der Waals surface area contributed by atoms with E-state index in [1.807, 2.05) is 19.9 Å². The van der Waals surface area contributed by atoms with Crippen molar-refractivity contribution >= 4 is 0 Å². The number of aryl methyl sites for hydroxylation is 2. The van der Waals surface area contributed by atoms with Gasteiger partial charge in [0.1, 0.15) is 17.7 Å². The van der Waals surface area contributed by atoms with E-state index in [9.17, 15) is 5.26 Å². The van der Waals surface area contributed by atoms with Crippen molar-refractivity contribution < 1.29 is 4.74 Å². The van der Waals surface area contributed by atoms with Crippen molar-refractivity contribution in [1.82, 2.24) is 10.3 Å². The maximum absolute atomic E-state index is 9.20. The molecule has 1 aliphatic heterocycles. The predicted molar refractivity (Wildman–Crippen MR) is 69.5 cm³/mol. The van der Waals surface area contributed by atoms with Crippen LogP contribution in [0.3, 0.4) is 0 Å². The Morgan fingerprint density at radius 3 is 2.94 bits per heavy atom. The van der Waals surface area contributed by atoms with E-state index in [0.717, 1.165) is 30.8 Å². The molecule has 4 nitrogen and oxygen atoms in total. The van der Waals surface area contributed by atoms with E-state index in [1.165, 1.54) is 0 Å². The Morgan fingerprint density at radius 2 is 2.28 bits per heavy atom. The molecule has 2 unspecified atom stereocenters. The van der Waals surface area contributed by atoms with E-state index >= 15 is 0 Å². The molecule has 1 aromatic rings. The van der Waals surface area contributed by atoms with Crippen molar-refractivity contribution in [1.29, 1.82) is 5.26 Å². The number of nitrogens with one attached hydrogen (secondary N) is 1. The Hall–Kier alpha value is -1.60. The molecule has 0 aliphatic carbocycles. The lowest BCUT2D eigenvalue weighted by atomic mass is 9.97. The summed E-state index contributed by atoms with van der Waals surface area (Å²) in [5, 5.41) is 12.5. The third kappa shape index (κ3) is 2.62. The van der Waals surface area contributed by atoms with Gasteiger partial charge >= 0.3 is 0 Å². The second-order valence-electron chi connectivity index (χ2n) is 5.00. The van der Waals surface area contributed by atoms with Gasteiger partial charge in [0, 0.05) is 12.2 Å². The lowest BCUT2D eigenvalue weighted by Crippen LogP contribution is -2.43. The van der Waals surface area contributed by atoms with Gasteiger partial charge in [0.2, 0.25) is 5.88 Å². The molecule has 2 atom stereocenters. The first-order valence-electron chi connectivity index (χ1n) is 6.37. The topological polar surface area (TPSA) is 57.9 Å². The SMILES string of the molecule is Cc1cc(C)c(C#N)c(OC2CNCCC2C)n1. The fourth-order valence-electron chi connectivity index (χ4n) is 2.29. The molecule has 0 aromatic carbocycles. The Balaban J connectivity index is 2.25. The summed E-state index contributed by atoms with van der Waals surface area (Å²) in [6.45, 7) is 7.87. The van der Waals surface area contributed by atoms with Gasteiger partial charge in [-0.25, -0.2) is 4.98 Å². The average molecular weight is 245 g/mol. The Morgan fingerprint density at radius 1 is 1.50 bits per heavy atom. The van der Waals surface area contributed by atoms with Crippen molar-refractivity contribution in [3.63, 3.8) is 0 Å². The Kier molecular flexibility index (Phi) is 3.83. The molecule has 1 saturated heterocycles. The van der Waals surface area contributed by atoms with Crippen LogP contribution in [-0.2, 0) is 0 Å². The zero-order valence-electron chi connectivity index (χ0n) is 11.2. The lowest BCUT2D eigenvalue weighted by Gasteiger charge is -2.30. The predicted octanol–water partition coefficient (Wildman–Crippen LogP) is 1.95. The van der Waals surface area contributed by atoms with Crippen LogP contribution in [0.4, 0.5) is 0 Å². The number of ether oxygens (including phenoxy) is 1. The monoisotopic (exact) mass is 245 g/mol. The first-order chi connectivity index (χ1) is 8.61. The van der Waals surface area contributed by atoms with Crippen LogP contribution in [0.2, 0.25) is 0 Å². The minimum Gasteiger partial charge on any atom is -0.472 e. The molecule has 0 bridgehead atoms. The highest BCUT2D eigenvalue weighted by Gasteiger charge is 2.24. The van der Waals surface area contributed by atoms with E-state index in [4.69, 9.17) is 4.74 Å². The van der Waals surface area contributed by atoms with Crippen LogP contribution in [-0.4, -0.2) is 24.2 Å². The molecule has 1 N–H and O–H groups in total. The summed E-state index contributed by atoms with van der Waals surface area (Å²) in [4.78, 5) is 4.36. The van der Waals surface area contributed by atoms with E-state index < -0.39 is 0 Å². The van der Waals surface area contributed by atoms with Crippen molar-refractivity contribution in [3.05, 3.63) is 22.9 Å². The van der Waals surface area contributed by atoms with Crippen LogP contribution >= 0.6 is 0 Å². The molecule has 0 spiro atoms. The molecule has 4 heteroatoms. The van der Waals surface area contributed by atoms with E-state index in [2.05, 4.69) is 23.3 Å². The fourth-order valence-corrected chi connectivity index (χ4v) is 2.29. The summed E-state index contributed by atoms with van der Waals surface area (Å²) in [6.07, 6.45) is 1.19. The van der Waals surface area contributed by atoms with Crippen LogP contribution in [0.25, 0.3) is 0 Å². The molecule has 0 saturated carbocycles. The number of hydrogen-bond acceptors (Lipinski definition) is 4. The van der Waals surface area contributed by atoms with E-state index in [-0.39, 0.29) is 6.10 Å². The maximum Gasteiger partial charge on any atom is 0.232 e. The molecule has 18 heavy (non-hydrogen) atoms. The first-order valence-corrected chi connectivity index (χ1v) is 6.37. The maximum atomic E-state index is 9.20. The number of rotatable bonds is 2. The number of pyridine rings is 1. The molecule has 1 fully saturated rings. The van der Waals surface area contributed by atoms with Crippen molar-refractivity contribution in [2.75, 3.05) is 13.1 Å². The Labute approximate surface area is 108 Å². The number of nitriles is 1. The van der Waals surface area contributed by atoms with Crippen LogP contribution in [0.1, 0.15) is 30.2 Å². The molecular weight excluding hydrogens is 226 g/mol. The smallest absolute Gasteiger partial charge is 0.232 e. The molecular formula is C14H19N3O. The van der Waals surface area contributed by atoms with Crippen LogP contribution in [0, 0.1) is 31.1 Å². The van der Waals surface area contributed by atoms with Gasteiger partial charge in [0.05, 0.1) is 0 Å². The van der Waals surface area contributed by atoms with E-state index in [1.54, 1.807) is 0 Å². The zero-order chi connectivity index (χ0) is 13.1. The molecule has 2 heterocycles. The molecule has 0 radical (unpaired) electrons. The molecule has 0 amide bonds. The fraction of sp³-hybridized carbons (Fsp3) is 0.571. The van der Waals surface area contributed by atoms with Gasteiger partial charge in [0.25, 0.3) is 0 Å². The Bertz CT molecular complexity index is 479. The third-order valence-corrected chi connectivity index (χ3v) is 3.44. The third-order valence-electron chi connectivity index (χ3n) is 3.44. The summed E-state index contributed by atoms with van der Waals surface area (Å²) in [5.74, 6) is 0.968. The van der Waals surface area contributed by atoms with E-state index in [0.29, 0.717) is 17.4 Å². The summed E-state index contributed by atoms with van der Waals surface area (Å²) in [5.41, 5.74) is 2.37. The van der Waals surface area contributed by atoms with Crippen LogP contribution < -0.4 is 10.1 Å². The van der Waals surface area contributed by atoms with Gasteiger partial charge in [0.15, 0.2) is 0 Å². The lowest BCUT2D eigenvalue weighted by molar-refractivity contribution is 0.109. The first kappa shape index (κ1) is 12.8. The van der Waals surface area contributed by atoms with Gasteiger partial charge in [-0.3, -0.25) is 0 Å². The number of nitrogens with zero attached hydrogens (tertiary/aromatic N) is 2. The van der Waals surface area contributed by atoms with Crippen LogP contribution in [0.5, 0.6) is 5.88 Å². The second-order valence-corrected chi connectivity index (χ2v) is 5.00. The number of aromatic nitrogens is 1. The summed E-state index contributed by atoms with van der Waals surface area (Å²) >= 11 is 0. The highest BCUT2D eigenvalue weighted by atomic mass is 16.5. The van der Waals surface area contributed by atoms with Crippen LogP contribution in [0.15, 0.2) is 6.07 Å². The quantitative estimate of drug-likeness (QED) is 0.865. The highest BCUT2D eigenvalue weighted by molar-refractivity contribution is 5.45. The second kappa shape index (κ2) is 5.36. The molecule has 1 aliphatic rings. The summed E-state index contributed by atoms with van der Waals surface area (Å²) in [6, 6.07) is 4.10. The average Bonchev–Trinajstić information content (AvgIpc) is 2.31. The minimum atomic E-state index is 0.0968. The van der Waals surface area contributed by atoms with Gasteiger partial charge in [-0.1, -0.05) is 6.92 Å². The van der Waals surface area contributed by atoms with Crippen molar-refractivity contribution in [2.24, 2.45) is 5.92 Å². The van der Waals surface area contributed by atoms with Gasteiger partial charge in [-0.05, 0) is 44.4 Å². The minimum absolute atomic E-state index is 0.0968. The molecule has 1 aromatic heterocycles. The molecule has 96 valence electrons. The summed E-state index contributed by atoms with van der Waals surface area (Å²) < 4.78 is 5.96. The van der Waals surface area contributed by atoms with Crippen molar-refractivity contribution in [2.45, 2.75) is 33.3 Å². The van der Waals surface area contributed by atoms with Crippen molar-refractivity contribution in [3.8, 4) is 11.9 Å². The highest BCUT2D eigenvalue weighted by Crippen LogP contribution is 2.24. The van der Waals surface area contributed by atoms with Gasteiger partial charge in [-0.15, -0.1) is 0 Å². The standard InChI is InChI=1S/C14H19N3O/c1-9-4-5-16-8-13(9)18-14-12(7-15)10(2)6-11(3)17-14/h6,9,13,16H,4-5,8H2,1-3H3. The number of piperidine rings is 1. The summed E-state index contributed by atoms with van der Waals surface area (Å²) in [7, 11) is 0. The largest absolute Gasteiger partial charge is 0.472 e. The zero-order valence-corrected chi connectivity index (χ0v) is 11.2. The number of hydrogen-bond donors (Lipinski definition) is 1. The normalized spacial score (nSPS) is 23.4. The van der Waals surface area contributed by atoms with Gasteiger partial charge < -0.3 is 10.1 Å².